The summed E-state index contributed by atoms with van der Waals surface area (Å²) in [7, 11) is 1.83. The zero-order valence-electron chi connectivity index (χ0n) is 11.0. The summed E-state index contributed by atoms with van der Waals surface area (Å²) in [6, 6.07) is 0.178. The lowest BCUT2D eigenvalue weighted by molar-refractivity contribution is 0.877. The second kappa shape index (κ2) is 5.30. The fourth-order valence-corrected chi connectivity index (χ4v) is 2.72. The van der Waals surface area contributed by atoms with Gasteiger partial charge in [0.05, 0.1) is 29.1 Å². The number of nitrogens with zero attached hydrogens (tertiary/aromatic N) is 3. The summed E-state index contributed by atoms with van der Waals surface area (Å²) < 4.78 is 0. The van der Waals surface area contributed by atoms with Gasteiger partial charge in [0.15, 0.2) is 0 Å². The lowest BCUT2D eigenvalue weighted by atomic mass is 10.2. The highest BCUT2D eigenvalue weighted by molar-refractivity contribution is 7.11. The van der Waals surface area contributed by atoms with Gasteiger partial charge < -0.3 is 10.6 Å². The van der Waals surface area contributed by atoms with E-state index in [0.29, 0.717) is 0 Å². The molecule has 0 spiro atoms. The molecule has 5 nitrogen and oxygen atoms in total. The van der Waals surface area contributed by atoms with Gasteiger partial charge in [-0.05, 0) is 20.8 Å². The second-order valence-corrected chi connectivity index (χ2v) is 5.32. The third-order valence-electron chi connectivity index (χ3n) is 2.59. The summed E-state index contributed by atoms with van der Waals surface area (Å²) in [6.45, 7) is 6.16. The van der Waals surface area contributed by atoms with E-state index in [-0.39, 0.29) is 6.04 Å². The van der Waals surface area contributed by atoms with Gasteiger partial charge in [0.2, 0.25) is 0 Å². The van der Waals surface area contributed by atoms with Crippen molar-refractivity contribution < 1.29 is 0 Å². The molecule has 0 fully saturated rings. The van der Waals surface area contributed by atoms with Gasteiger partial charge in [-0.15, -0.1) is 11.3 Å². The number of thiazole rings is 1. The quantitative estimate of drug-likeness (QED) is 0.888. The molecule has 0 saturated heterocycles. The van der Waals surface area contributed by atoms with Gasteiger partial charge in [-0.1, -0.05) is 0 Å². The topological polar surface area (TPSA) is 62.7 Å². The molecule has 2 aromatic rings. The van der Waals surface area contributed by atoms with Gasteiger partial charge in [-0.3, -0.25) is 4.98 Å². The van der Waals surface area contributed by atoms with E-state index in [9.17, 15) is 0 Å². The number of aromatic nitrogens is 3. The highest BCUT2D eigenvalue weighted by Crippen LogP contribution is 2.26. The molecule has 2 heterocycles. The van der Waals surface area contributed by atoms with Crippen LogP contribution in [0.2, 0.25) is 0 Å². The minimum absolute atomic E-state index is 0.178. The molecule has 0 radical (unpaired) electrons. The zero-order valence-corrected chi connectivity index (χ0v) is 11.8. The third kappa shape index (κ3) is 2.76. The smallest absolute Gasteiger partial charge is 0.147 e. The normalized spacial score (nSPS) is 12.2. The maximum absolute atomic E-state index is 4.44. The molecule has 2 rings (SSSR count). The van der Waals surface area contributed by atoms with Crippen molar-refractivity contribution in [2.75, 3.05) is 17.7 Å². The Morgan fingerprint density at radius 2 is 1.89 bits per heavy atom. The van der Waals surface area contributed by atoms with Crippen molar-refractivity contribution in [3.63, 3.8) is 0 Å². The predicted octanol–water partition coefficient (Wildman–Crippen LogP) is 2.76. The van der Waals surface area contributed by atoms with Crippen molar-refractivity contribution in [2.45, 2.75) is 26.8 Å². The van der Waals surface area contributed by atoms with Gasteiger partial charge >= 0.3 is 0 Å². The van der Waals surface area contributed by atoms with Crippen LogP contribution in [-0.4, -0.2) is 22.0 Å². The first-order valence-electron chi connectivity index (χ1n) is 5.80. The molecule has 0 aromatic carbocycles. The molecule has 18 heavy (non-hydrogen) atoms. The van der Waals surface area contributed by atoms with Gasteiger partial charge in [-0.2, -0.15) is 0 Å². The average Bonchev–Trinajstić information content (AvgIpc) is 2.69. The molecule has 2 N–H and O–H groups in total. The number of nitrogens with one attached hydrogen (secondary N) is 2. The summed E-state index contributed by atoms with van der Waals surface area (Å²) in [6.07, 6.45) is 3.42. The first kappa shape index (κ1) is 12.8. The molecule has 6 heteroatoms. The van der Waals surface area contributed by atoms with Gasteiger partial charge in [0.1, 0.15) is 11.6 Å². The second-order valence-electron chi connectivity index (χ2n) is 4.09. The lowest BCUT2D eigenvalue weighted by Crippen LogP contribution is -2.08. The minimum atomic E-state index is 0.178. The van der Waals surface area contributed by atoms with E-state index in [0.717, 1.165) is 22.3 Å². The number of rotatable bonds is 4. The van der Waals surface area contributed by atoms with Crippen molar-refractivity contribution in [2.24, 2.45) is 0 Å². The Balaban J connectivity index is 2.15. The Hall–Kier alpha value is -1.69. The molecule has 1 atom stereocenters. The Kier molecular flexibility index (Phi) is 3.76. The average molecular weight is 263 g/mol. The molecule has 0 saturated carbocycles. The van der Waals surface area contributed by atoms with E-state index in [1.54, 1.807) is 23.7 Å². The molecule has 0 bridgehead atoms. The van der Waals surface area contributed by atoms with Crippen molar-refractivity contribution in [3.05, 3.63) is 28.0 Å². The Bertz CT molecular complexity index is 537. The van der Waals surface area contributed by atoms with Crippen LogP contribution in [0.5, 0.6) is 0 Å². The van der Waals surface area contributed by atoms with Crippen molar-refractivity contribution in [3.8, 4) is 0 Å². The standard InChI is InChI=1S/C12H17N5S/c1-7-12(18-9(3)15-7)8(2)16-11-6-14-5-10(13-4)17-11/h5-6,8H,1-4H3,(H2,13,16,17). The maximum atomic E-state index is 4.44. The van der Waals surface area contributed by atoms with Crippen LogP contribution in [0, 0.1) is 13.8 Å². The molecule has 0 aliphatic rings. The van der Waals surface area contributed by atoms with Crippen LogP contribution in [0.4, 0.5) is 11.6 Å². The third-order valence-corrected chi connectivity index (χ3v) is 3.84. The lowest BCUT2D eigenvalue weighted by Gasteiger charge is -2.13. The summed E-state index contributed by atoms with van der Waals surface area (Å²) in [5.74, 6) is 1.52. The number of anilines is 2. The summed E-state index contributed by atoms with van der Waals surface area (Å²) in [4.78, 5) is 14.2. The van der Waals surface area contributed by atoms with Crippen LogP contribution in [0.3, 0.4) is 0 Å². The Labute approximate surface area is 111 Å². The van der Waals surface area contributed by atoms with Crippen LogP contribution < -0.4 is 10.6 Å². The van der Waals surface area contributed by atoms with E-state index in [4.69, 9.17) is 0 Å². The van der Waals surface area contributed by atoms with Crippen LogP contribution >= 0.6 is 11.3 Å². The fourth-order valence-electron chi connectivity index (χ4n) is 1.79. The van der Waals surface area contributed by atoms with E-state index in [1.807, 2.05) is 20.9 Å². The number of hydrogen-bond donors (Lipinski definition) is 2. The van der Waals surface area contributed by atoms with E-state index < -0.39 is 0 Å². The molecular formula is C12H17N5S. The molecule has 2 aromatic heterocycles. The fraction of sp³-hybridized carbons (Fsp3) is 0.417. The Morgan fingerprint density at radius 1 is 1.17 bits per heavy atom. The van der Waals surface area contributed by atoms with Crippen LogP contribution in [0.1, 0.15) is 28.5 Å². The molecule has 0 aliphatic carbocycles. The molecule has 96 valence electrons. The van der Waals surface area contributed by atoms with E-state index >= 15 is 0 Å². The largest absolute Gasteiger partial charge is 0.372 e. The number of aryl methyl sites for hydroxylation is 2. The summed E-state index contributed by atoms with van der Waals surface area (Å²) in [5, 5.41) is 7.41. The van der Waals surface area contributed by atoms with E-state index in [2.05, 4.69) is 32.5 Å². The van der Waals surface area contributed by atoms with E-state index in [1.165, 1.54) is 4.88 Å². The summed E-state index contributed by atoms with van der Waals surface area (Å²) in [5.41, 5.74) is 1.08. The van der Waals surface area contributed by atoms with Crippen LogP contribution in [0.25, 0.3) is 0 Å². The first-order chi connectivity index (χ1) is 8.60. The van der Waals surface area contributed by atoms with Crippen molar-refractivity contribution >= 4 is 23.0 Å². The van der Waals surface area contributed by atoms with Crippen molar-refractivity contribution in [1.82, 2.24) is 15.0 Å². The van der Waals surface area contributed by atoms with Crippen LogP contribution in [-0.2, 0) is 0 Å². The molecule has 0 amide bonds. The highest BCUT2D eigenvalue weighted by Gasteiger charge is 2.13. The Morgan fingerprint density at radius 3 is 2.50 bits per heavy atom. The van der Waals surface area contributed by atoms with Crippen molar-refractivity contribution in [1.29, 1.82) is 0 Å². The SMILES string of the molecule is CNc1cncc(NC(C)c2sc(C)nc2C)n1. The van der Waals surface area contributed by atoms with Gasteiger partial charge in [0.25, 0.3) is 0 Å². The predicted molar refractivity (Wildman–Crippen MR) is 75.2 cm³/mol. The molecule has 0 aliphatic heterocycles. The maximum Gasteiger partial charge on any atom is 0.147 e. The van der Waals surface area contributed by atoms with Crippen LogP contribution in [0.15, 0.2) is 12.4 Å². The molecule has 1 unspecified atom stereocenters. The van der Waals surface area contributed by atoms with Gasteiger partial charge in [-0.25, -0.2) is 9.97 Å². The molecular weight excluding hydrogens is 246 g/mol. The highest BCUT2D eigenvalue weighted by atomic mass is 32.1. The first-order valence-corrected chi connectivity index (χ1v) is 6.62. The zero-order chi connectivity index (χ0) is 13.1. The minimum Gasteiger partial charge on any atom is -0.372 e. The number of hydrogen-bond acceptors (Lipinski definition) is 6. The summed E-state index contributed by atoms with van der Waals surface area (Å²) >= 11 is 1.71. The monoisotopic (exact) mass is 263 g/mol. The van der Waals surface area contributed by atoms with Gasteiger partial charge in [0, 0.05) is 11.9 Å².